The molecule has 0 fully saturated rings. The van der Waals surface area contributed by atoms with Gasteiger partial charge in [-0.25, -0.2) is 4.79 Å². The van der Waals surface area contributed by atoms with Crippen LogP contribution in [0.4, 0.5) is 0 Å². The van der Waals surface area contributed by atoms with E-state index in [0.29, 0.717) is 0 Å². The third kappa shape index (κ3) is 3.18. The molecule has 1 aliphatic carbocycles. The Morgan fingerprint density at radius 1 is 1.38 bits per heavy atom. The summed E-state index contributed by atoms with van der Waals surface area (Å²) in [6.07, 6.45) is -0.390. The molecule has 2 aliphatic rings. The molecule has 154 valence electrons. The van der Waals surface area contributed by atoms with Gasteiger partial charge in [-0.3, -0.25) is 13.8 Å². The third-order valence-electron chi connectivity index (χ3n) is 4.68. The van der Waals surface area contributed by atoms with Crippen LogP contribution in [0.5, 0.6) is 0 Å². The smallest absolute Gasteiger partial charge is 0.340 e. The molecule has 1 aromatic heterocycles. The standard InChI is InChI=1S/C16H17N5O7S/c1-4-27-16(24)9-8-13(14(22)6(2)10(17)15(8)23)21-5-7(28-29(3,25)26)11(12(9)21)19-20-18/h7,11H,4-5,17H2,1-3H3/t7-,11+/m1/s1. The molecule has 1 aromatic rings. The van der Waals surface area contributed by atoms with E-state index in [0.717, 1.165) is 6.26 Å². The van der Waals surface area contributed by atoms with E-state index in [9.17, 15) is 22.8 Å². The molecule has 2 atom stereocenters. The van der Waals surface area contributed by atoms with Crippen molar-refractivity contribution in [2.75, 3.05) is 12.9 Å². The summed E-state index contributed by atoms with van der Waals surface area (Å²) in [6, 6.07) is -1.29. The van der Waals surface area contributed by atoms with Crippen LogP contribution in [-0.2, 0) is 25.6 Å². The van der Waals surface area contributed by atoms with Crippen molar-refractivity contribution in [3.05, 3.63) is 44.2 Å². The topological polar surface area (TPSA) is 184 Å². The number of esters is 1. The average molecular weight is 423 g/mol. The molecule has 3 rings (SSSR count). The van der Waals surface area contributed by atoms with E-state index < -0.39 is 39.8 Å². The number of allylic oxidation sites excluding steroid dienone is 2. The number of carbonyl (C=O) groups is 3. The number of nitrogens with zero attached hydrogens (tertiary/aromatic N) is 4. The van der Waals surface area contributed by atoms with Crippen LogP contribution in [0.2, 0.25) is 0 Å². The molecule has 0 saturated carbocycles. The first-order chi connectivity index (χ1) is 13.5. The van der Waals surface area contributed by atoms with Gasteiger partial charge in [0.05, 0.1) is 36.2 Å². The number of fused-ring (bicyclic) bond motifs is 3. The van der Waals surface area contributed by atoms with Crippen LogP contribution in [0.3, 0.4) is 0 Å². The van der Waals surface area contributed by atoms with Crippen LogP contribution >= 0.6 is 0 Å². The van der Waals surface area contributed by atoms with Crippen LogP contribution < -0.4 is 5.73 Å². The van der Waals surface area contributed by atoms with Crippen LogP contribution in [0.15, 0.2) is 16.4 Å². The number of azide groups is 1. The first-order valence-electron chi connectivity index (χ1n) is 8.45. The second-order valence-electron chi connectivity index (χ2n) is 6.50. The highest BCUT2D eigenvalue weighted by atomic mass is 32.2. The van der Waals surface area contributed by atoms with Gasteiger partial charge in [0.2, 0.25) is 11.6 Å². The Morgan fingerprint density at radius 2 is 2.03 bits per heavy atom. The molecule has 0 unspecified atom stereocenters. The summed E-state index contributed by atoms with van der Waals surface area (Å²) in [7, 11) is -3.96. The van der Waals surface area contributed by atoms with E-state index >= 15 is 0 Å². The molecule has 12 nitrogen and oxygen atoms in total. The van der Waals surface area contributed by atoms with E-state index in [-0.39, 0.29) is 46.9 Å². The number of ether oxygens (including phenoxy) is 1. The Balaban J connectivity index is 2.33. The summed E-state index contributed by atoms with van der Waals surface area (Å²) < 4.78 is 34.5. The molecule has 0 bridgehead atoms. The molecular formula is C16H17N5O7S. The number of Topliss-reactive ketones (excluding diaryl/α,β-unsaturated/α-hetero) is 2. The fourth-order valence-corrected chi connectivity index (χ4v) is 4.17. The van der Waals surface area contributed by atoms with Gasteiger partial charge >= 0.3 is 5.97 Å². The van der Waals surface area contributed by atoms with E-state index in [4.69, 9.17) is 20.2 Å². The lowest BCUT2D eigenvalue weighted by Gasteiger charge is -2.18. The highest BCUT2D eigenvalue weighted by Crippen LogP contribution is 2.43. The molecule has 1 aliphatic heterocycles. The van der Waals surface area contributed by atoms with Crippen molar-refractivity contribution >= 4 is 27.7 Å². The normalized spacial score (nSPS) is 20.9. The maximum Gasteiger partial charge on any atom is 0.340 e. The van der Waals surface area contributed by atoms with E-state index in [2.05, 4.69) is 10.0 Å². The summed E-state index contributed by atoms with van der Waals surface area (Å²) in [5.41, 5.74) is 13.7. The Kier molecular flexibility index (Phi) is 4.99. The van der Waals surface area contributed by atoms with Gasteiger partial charge in [0.1, 0.15) is 17.8 Å². The summed E-state index contributed by atoms with van der Waals surface area (Å²) in [5, 5.41) is 3.56. The van der Waals surface area contributed by atoms with Crippen molar-refractivity contribution in [1.82, 2.24) is 4.57 Å². The molecule has 29 heavy (non-hydrogen) atoms. The fourth-order valence-electron chi connectivity index (χ4n) is 3.55. The van der Waals surface area contributed by atoms with Crippen LogP contribution in [0.25, 0.3) is 10.4 Å². The summed E-state index contributed by atoms with van der Waals surface area (Å²) in [5.74, 6) is -2.26. The van der Waals surface area contributed by atoms with Crippen LogP contribution in [0, 0.1) is 0 Å². The predicted octanol–water partition coefficient (Wildman–Crippen LogP) is 0.986. The lowest BCUT2D eigenvalue weighted by Crippen LogP contribution is -2.29. The van der Waals surface area contributed by atoms with Crippen molar-refractivity contribution in [2.45, 2.75) is 32.5 Å². The Bertz CT molecular complexity index is 1140. The zero-order valence-electron chi connectivity index (χ0n) is 15.7. The van der Waals surface area contributed by atoms with Crippen molar-refractivity contribution in [2.24, 2.45) is 10.8 Å². The molecule has 2 N–H and O–H groups in total. The summed E-state index contributed by atoms with van der Waals surface area (Å²) >= 11 is 0. The van der Waals surface area contributed by atoms with Crippen molar-refractivity contribution in [3.8, 4) is 0 Å². The Labute approximate surface area is 165 Å². The SMILES string of the molecule is CCOC(=O)c1c2c(n3c1[C@@H](N=[N+]=[N-])[C@H](OS(C)(=O)=O)C3)C(=O)C(C)=C(N)C2=O. The second kappa shape index (κ2) is 7.03. The second-order valence-corrected chi connectivity index (χ2v) is 8.10. The molecule has 0 radical (unpaired) electrons. The van der Waals surface area contributed by atoms with Crippen molar-refractivity contribution in [3.63, 3.8) is 0 Å². The highest BCUT2D eigenvalue weighted by Gasteiger charge is 2.47. The predicted molar refractivity (Wildman–Crippen MR) is 97.5 cm³/mol. The summed E-state index contributed by atoms with van der Waals surface area (Å²) in [4.78, 5) is 41.0. The summed E-state index contributed by atoms with van der Waals surface area (Å²) in [6.45, 7) is 2.65. The average Bonchev–Trinajstić information content (AvgIpc) is 3.12. The van der Waals surface area contributed by atoms with Gasteiger partial charge in [0, 0.05) is 16.2 Å². The molecule has 0 saturated heterocycles. The molecular weight excluding hydrogens is 406 g/mol. The minimum absolute atomic E-state index is 0.00831. The number of hydrogen-bond donors (Lipinski definition) is 1. The number of aromatic nitrogens is 1. The van der Waals surface area contributed by atoms with Crippen molar-refractivity contribution < 1.29 is 31.7 Å². The minimum atomic E-state index is -3.96. The number of ketones is 2. The van der Waals surface area contributed by atoms with Gasteiger partial charge < -0.3 is 15.0 Å². The van der Waals surface area contributed by atoms with E-state index in [1.807, 2.05) is 0 Å². The van der Waals surface area contributed by atoms with Crippen LogP contribution in [-0.4, -0.2) is 49.5 Å². The quantitative estimate of drug-likeness (QED) is 0.239. The van der Waals surface area contributed by atoms with Gasteiger partial charge in [-0.15, -0.1) is 0 Å². The number of carbonyl (C=O) groups excluding carboxylic acids is 3. The molecule has 2 heterocycles. The zero-order valence-corrected chi connectivity index (χ0v) is 16.5. The minimum Gasteiger partial charge on any atom is -0.462 e. The molecule has 13 heteroatoms. The zero-order chi connectivity index (χ0) is 21.7. The van der Waals surface area contributed by atoms with E-state index in [1.165, 1.54) is 11.5 Å². The number of nitrogens with two attached hydrogens (primary N) is 1. The van der Waals surface area contributed by atoms with E-state index in [1.54, 1.807) is 6.92 Å². The first kappa shape index (κ1) is 20.6. The monoisotopic (exact) mass is 423 g/mol. The number of hydrogen-bond acceptors (Lipinski definition) is 9. The largest absolute Gasteiger partial charge is 0.462 e. The van der Waals surface area contributed by atoms with Crippen LogP contribution in [0.1, 0.15) is 56.8 Å². The third-order valence-corrected chi connectivity index (χ3v) is 5.28. The van der Waals surface area contributed by atoms with Gasteiger partial charge in [-0.05, 0) is 19.4 Å². The fraction of sp³-hybridized carbons (Fsp3) is 0.438. The van der Waals surface area contributed by atoms with Gasteiger partial charge in [0.25, 0.3) is 10.1 Å². The molecule has 0 spiro atoms. The maximum absolute atomic E-state index is 12.9. The molecule has 0 amide bonds. The number of rotatable bonds is 5. The van der Waals surface area contributed by atoms with Crippen molar-refractivity contribution in [1.29, 1.82) is 0 Å². The lowest BCUT2D eigenvalue weighted by atomic mass is 9.89. The van der Waals surface area contributed by atoms with Gasteiger partial charge in [-0.2, -0.15) is 8.42 Å². The lowest BCUT2D eigenvalue weighted by molar-refractivity contribution is 0.0521. The maximum atomic E-state index is 12.9. The Hall–Kier alpha value is -3.15. The highest BCUT2D eigenvalue weighted by molar-refractivity contribution is 7.86. The van der Waals surface area contributed by atoms with Gasteiger partial charge in [-0.1, -0.05) is 5.11 Å². The van der Waals surface area contributed by atoms with Gasteiger partial charge in [0.15, 0.2) is 0 Å². The molecule has 0 aromatic carbocycles. The first-order valence-corrected chi connectivity index (χ1v) is 10.3. The Morgan fingerprint density at radius 3 is 2.59 bits per heavy atom.